The van der Waals surface area contributed by atoms with Crippen molar-refractivity contribution < 1.29 is 5.11 Å². The summed E-state index contributed by atoms with van der Waals surface area (Å²) < 4.78 is 0. The van der Waals surface area contributed by atoms with Crippen LogP contribution in [-0.2, 0) is 0 Å². The molecule has 3 rings (SSSR count). The van der Waals surface area contributed by atoms with Gasteiger partial charge in [-0.15, -0.1) is 0 Å². The van der Waals surface area contributed by atoms with Crippen LogP contribution >= 0.6 is 0 Å². The molecule has 2 heteroatoms. The molecule has 3 aliphatic heterocycles. The second-order valence-corrected chi connectivity index (χ2v) is 4.60. The van der Waals surface area contributed by atoms with Crippen molar-refractivity contribution in [1.29, 1.82) is 0 Å². The Hall–Kier alpha value is -0.0800. The summed E-state index contributed by atoms with van der Waals surface area (Å²) in [6.07, 6.45) is 2.38. The summed E-state index contributed by atoms with van der Waals surface area (Å²) in [6, 6.07) is 0.442. The topological polar surface area (TPSA) is 23.5 Å². The van der Waals surface area contributed by atoms with Crippen molar-refractivity contribution >= 4 is 0 Å². The fourth-order valence-electron chi connectivity index (χ4n) is 2.87. The molecule has 0 saturated carbocycles. The van der Waals surface area contributed by atoms with E-state index in [4.69, 9.17) is 0 Å². The maximum absolute atomic E-state index is 9.99. The molecule has 0 amide bonds. The highest BCUT2D eigenvalue weighted by atomic mass is 16.3. The molecule has 2 nitrogen and oxygen atoms in total. The van der Waals surface area contributed by atoms with Crippen LogP contribution in [0.2, 0.25) is 0 Å². The van der Waals surface area contributed by atoms with Crippen LogP contribution in [0.15, 0.2) is 0 Å². The molecular formula is C12H25NO. The average molecular weight is 199 g/mol. The molecule has 2 bridgehead atoms. The minimum atomic E-state index is -0.0486. The minimum absolute atomic E-state index is 0.0486. The van der Waals surface area contributed by atoms with Gasteiger partial charge in [0.1, 0.15) is 0 Å². The standard InChI is InChI=1S/C10H19NO.C2H6/c1-7(2)9-10(12)8-3-5-11(9)6-4-8;1-2/h7-10,12H,3-6H2,1-2H3;1-2H3. The van der Waals surface area contributed by atoms with Crippen molar-refractivity contribution in [3.05, 3.63) is 0 Å². The first-order valence-corrected chi connectivity index (χ1v) is 6.12. The third kappa shape index (κ3) is 2.12. The SMILES string of the molecule is CC.CC(C)C1C(O)C2CCN1CC2. The van der Waals surface area contributed by atoms with Crippen molar-refractivity contribution in [3.63, 3.8) is 0 Å². The molecule has 2 unspecified atom stereocenters. The lowest BCUT2D eigenvalue weighted by atomic mass is 9.77. The van der Waals surface area contributed by atoms with E-state index in [1.807, 2.05) is 13.8 Å². The number of fused-ring (bicyclic) bond motifs is 3. The molecule has 0 aromatic carbocycles. The Morgan fingerprint density at radius 2 is 1.64 bits per heavy atom. The van der Waals surface area contributed by atoms with E-state index in [1.54, 1.807) is 0 Å². The van der Waals surface area contributed by atoms with E-state index in [9.17, 15) is 5.11 Å². The van der Waals surface area contributed by atoms with Crippen LogP contribution in [-0.4, -0.2) is 35.2 Å². The summed E-state index contributed by atoms with van der Waals surface area (Å²) in [6.45, 7) is 10.9. The van der Waals surface area contributed by atoms with Gasteiger partial charge in [-0.3, -0.25) is 4.90 Å². The van der Waals surface area contributed by atoms with Gasteiger partial charge >= 0.3 is 0 Å². The Balaban J connectivity index is 0.000000461. The van der Waals surface area contributed by atoms with Gasteiger partial charge in [-0.1, -0.05) is 27.7 Å². The first-order valence-electron chi connectivity index (χ1n) is 6.12. The molecule has 3 fully saturated rings. The number of hydrogen-bond acceptors (Lipinski definition) is 2. The summed E-state index contributed by atoms with van der Waals surface area (Å²) in [5, 5.41) is 9.99. The monoisotopic (exact) mass is 199 g/mol. The van der Waals surface area contributed by atoms with Gasteiger partial charge in [-0.05, 0) is 37.8 Å². The summed E-state index contributed by atoms with van der Waals surface area (Å²) in [4.78, 5) is 2.47. The highest BCUT2D eigenvalue weighted by Gasteiger charge is 2.42. The van der Waals surface area contributed by atoms with Gasteiger partial charge in [0, 0.05) is 6.04 Å². The van der Waals surface area contributed by atoms with Gasteiger partial charge in [0.25, 0.3) is 0 Å². The number of aliphatic hydroxyl groups excluding tert-OH is 1. The third-order valence-corrected chi connectivity index (χ3v) is 3.51. The van der Waals surface area contributed by atoms with Crippen LogP contribution in [0.1, 0.15) is 40.5 Å². The van der Waals surface area contributed by atoms with Crippen LogP contribution in [0.25, 0.3) is 0 Å². The van der Waals surface area contributed by atoms with E-state index in [0.29, 0.717) is 17.9 Å². The number of nitrogens with zero attached hydrogens (tertiary/aromatic N) is 1. The smallest absolute Gasteiger partial charge is 0.0726 e. The zero-order chi connectivity index (χ0) is 10.7. The predicted octanol–water partition coefficient (Wildman–Crippen LogP) is 2.12. The fourth-order valence-corrected chi connectivity index (χ4v) is 2.87. The largest absolute Gasteiger partial charge is 0.391 e. The van der Waals surface area contributed by atoms with Gasteiger partial charge in [0.15, 0.2) is 0 Å². The quantitative estimate of drug-likeness (QED) is 0.699. The lowest BCUT2D eigenvalue weighted by molar-refractivity contribution is -0.0880. The Morgan fingerprint density at radius 3 is 1.93 bits per heavy atom. The van der Waals surface area contributed by atoms with E-state index in [1.165, 1.54) is 25.9 Å². The van der Waals surface area contributed by atoms with Crippen LogP contribution in [0, 0.1) is 11.8 Å². The lowest BCUT2D eigenvalue weighted by Crippen LogP contribution is -2.59. The van der Waals surface area contributed by atoms with E-state index in [0.717, 1.165) is 0 Å². The van der Waals surface area contributed by atoms with Crippen molar-refractivity contribution in [2.24, 2.45) is 11.8 Å². The number of aliphatic hydroxyl groups is 1. The molecule has 1 N–H and O–H groups in total. The second-order valence-electron chi connectivity index (χ2n) is 4.60. The molecule has 3 aliphatic rings. The number of rotatable bonds is 1. The molecule has 3 saturated heterocycles. The van der Waals surface area contributed by atoms with E-state index >= 15 is 0 Å². The van der Waals surface area contributed by atoms with Gasteiger partial charge in [0.05, 0.1) is 6.10 Å². The zero-order valence-electron chi connectivity index (χ0n) is 10.0. The maximum Gasteiger partial charge on any atom is 0.0726 e. The summed E-state index contributed by atoms with van der Waals surface area (Å²) in [5.41, 5.74) is 0. The number of piperidine rings is 3. The number of hydrogen-bond donors (Lipinski definition) is 1. The average Bonchev–Trinajstić information content (AvgIpc) is 2.21. The van der Waals surface area contributed by atoms with E-state index < -0.39 is 0 Å². The van der Waals surface area contributed by atoms with Crippen LogP contribution in [0.4, 0.5) is 0 Å². The molecule has 0 radical (unpaired) electrons. The molecule has 0 aliphatic carbocycles. The van der Waals surface area contributed by atoms with Gasteiger partial charge in [-0.2, -0.15) is 0 Å². The van der Waals surface area contributed by atoms with Gasteiger partial charge in [-0.25, -0.2) is 0 Å². The third-order valence-electron chi connectivity index (χ3n) is 3.51. The minimum Gasteiger partial charge on any atom is -0.391 e. The van der Waals surface area contributed by atoms with Crippen molar-refractivity contribution in [2.45, 2.75) is 52.7 Å². The van der Waals surface area contributed by atoms with E-state index in [-0.39, 0.29) is 6.10 Å². The Morgan fingerprint density at radius 1 is 1.14 bits per heavy atom. The molecule has 0 aromatic rings. The Labute approximate surface area is 88.3 Å². The van der Waals surface area contributed by atoms with Crippen molar-refractivity contribution in [3.8, 4) is 0 Å². The highest BCUT2D eigenvalue weighted by molar-refractivity contribution is 4.95. The summed E-state index contributed by atoms with van der Waals surface area (Å²) >= 11 is 0. The first-order chi connectivity index (χ1) is 6.70. The Bertz CT molecular complexity index is 160. The van der Waals surface area contributed by atoms with Crippen molar-refractivity contribution in [1.82, 2.24) is 4.90 Å². The molecular weight excluding hydrogens is 174 g/mol. The fraction of sp³-hybridized carbons (Fsp3) is 1.00. The van der Waals surface area contributed by atoms with Crippen LogP contribution < -0.4 is 0 Å². The van der Waals surface area contributed by atoms with Gasteiger partial charge in [0.2, 0.25) is 0 Å². The van der Waals surface area contributed by atoms with Crippen molar-refractivity contribution in [2.75, 3.05) is 13.1 Å². The normalized spacial score (nSPS) is 40.7. The summed E-state index contributed by atoms with van der Waals surface area (Å²) in [5.74, 6) is 1.20. The lowest BCUT2D eigenvalue weighted by Gasteiger charge is -2.50. The molecule has 2 atom stereocenters. The first kappa shape index (κ1) is 12.0. The second kappa shape index (κ2) is 5.13. The van der Waals surface area contributed by atoms with Gasteiger partial charge < -0.3 is 5.11 Å². The predicted molar refractivity (Wildman–Crippen MR) is 60.3 cm³/mol. The molecule has 0 spiro atoms. The highest BCUT2D eigenvalue weighted by Crippen LogP contribution is 2.35. The maximum atomic E-state index is 9.99. The van der Waals surface area contributed by atoms with E-state index in [2.05, 4.69) is 18.7 Å². The zero-order valence-corrected chi connectivity index (χ0v) is 10.0. The molecule has 14 heavy (non-hydrogen) atoms. The molecule has 0 aromatic heterocycles. The van der Waals surface area contributed by atoms with Crippen LogP contribution in [0.5, 0.6) is 0 Å². The molecule has 3 heterocycles. The molecule has 84 valence electrons. The Kier molecular flexibility index (Phi) is 4.39. The summed E-state index contributed by atoms with van der Waals surface area (Å²) in [7, 11) is 0. The van der Waals surface area contributed by atoms with Crippen LogP contribution in [0.3, 0.4) is 0 Å².